The fourth-order valence-electron chi connectivity index (χ4n) is 2.47. The van der Waals surface area contributed by atoms with E-state index in [1.54, 1.807) is 4.90 Å². The molecule has 1 aliphatic heterocycles. The number of carbonyl (C=O) groups excluding carboxylic acids is 1. The number of hydrogen-bond acceptors (Lipinski definition) is 2. The lowest BCUT2D eigenvalue weighted by Crippen LogP contribution is -2.40. The third-order valence-electron chi connectivity index (χ3n) is 4.01. The molecule has 5 heteroatoms. The molecule has 2 unspecified atom stereocenters. The number of carboxylic acid groups (broad SMARTS) is 1. The molecule has 2 rings (SSSR count). The molecule has 0 radical (unpaired) electrons. The largest absolute Gasteiger partial charge is 0.481 e. The van der Waals surface area contributed by atoms with Crippen molar-refractivity contribution >= 4 is 12.0 Å². The van der Waals surface area contributed by atoms with Gasteiger partial charge in [0.1, 0.15) is 0 Å². The summed E-state index contributed by atoms with van der Waals surface area (Å²) in [6.45, 7) is 5.67. The normalized spacial score (nSPS) is 35.8. The van der Waals surface area contributed by atoms with E-state index >= 15 is 0 Å². The predicted molar refractivity (Wildman–Crippen MR) is 62.5 cm³/mol. The van der Waals surface area contributed by atoms with E-state index in [2.05, 4.69) is 12.2 Å². The van der Waals surface area contributed by atoms with Gasteiger partial charge in [0.25, 0.3) is 0 Å². The van der Waals surface area contributed by atoms with Gasteiger partial charge < -0.3 is 15.3 Å². The maximum absolute atomic E-state index is 11.8. The van der Waals surface area contributed by atoms with Crippen LogP contribution in [0.4, 0.5) is 4.79 Å². The lowest BCUT2D eigenvalue weighted by atomic mass is 9.99. The van der Waals surface area contributed by atoms with Crippen LogP contribution >= 0.6 is 0 Å². The Labute approximate surface area is 101 Å². The molecule has 1 heterocycles. The average Bonchev–Trinajstić information content (AvgIpc) is 2.80. The topological polar surface area (TPSA) is 69.6 Å². The summed E-state index contributed by atoms with van der Waals surface area (Å²) in [6.07, 6.45) is 1.19. The van der Waals surface area contributed by atoms with E-state index in [-0.39, 0.29) is 11.9 Å². The van der Waals surface area contributed by atoms with Crippen LogP contribution in [0.1, 0.15) is 20.3 Å². The van der Waals surface area contributed by atoms with E-state index in [1.165, 1.54) is 6.42 Å². The molecule has 2 aliphatic rings. The zero-order chi connectivity index (χ0) is 12.6. The summed E-state index contributed by atoms with van der Waals surface area (Å²) in [7, 11) is 0. The molecule has 0 aromatic rings. The second-order valence-electron chi connectivity index (χ2n) is 5.49. The highest BCUT2D eigenvalue weighted by molar-refractivity contribution is 5.77. The maximum atomic E-state index is 11.8. The van der Waals surface area contributed by atoms with Crippen LogP contribution in [0, 0.1) is 23.7 Å². The molecule has 96 valence electrons. The Morgan fingerprint density at radius 1 is 1.29 bits per heavy atom. The number of likely N-dealkylation sites (tertiary alicyclic amines) is 1. The van der Waals surface area contributed by atoms with Crippen molar-refractivity contribution in [2.75, 3.05) is 19.6 Å². The molecular formula is C12H20N2O3. The maximum Gasteiger partial charge on any atom is 0.317 e. The van der Waals surface area contributed by atoms with Crippen molar-refractivity contribution < 1.29 is 14.7 Å². The van der Waals surface area contributed by atoms with E-state index in [0.29, 0.717) is 19.0 Å². The molecule has 0 aromatic heterocycles. The van der Waals surface area contributed by atoms with Crippen molar-refractivity contribution in [1.82, 2.24) is 10.2 Å². The molecule has 2 fully saturated rings. The molecule has 1 aliphatic carbocycles. The van der Waals surface area contributed by atoms with Gasteiger partial charge in [-0.25, -0.2) is 4.79 Å². The number of amides is 2. The zero-order valence-electron chi connectivity index (χ0n) is 10.3. The van der Waals surface area contributed by atoms with Crippen LogP contribution in [0.2, 0.25) is 0 Å². The number of carboxylic acids is 1. The van der Waals surface area contributed by atoms with Crippen molar-refractivity contribution in [1.29, 1.82) is 0 Å². The third kappa shape index (κ3) is 2.70. The Kier molecular flexibility index (Phi) is 3.26. The van der Waals surface area contributed by atoms with Crippen LogP contribution in [-0.2, 0) is 4.79 Å². The Hall–Kier alpha value is -1.26. The predicted octanol–water partition coefficient (Wildman–Crippen LogP) is 1.00. The van der Waals surface area contributed by atoms with Crippen molar-refractivity contribution in [3.63, 3.8) is 0 Å². The van der Waals surface area contributed by atoms with Crippen molar-refractivity contribution in [2.45, 2.75) is 20.3 Å². The van der Waals surface area contributed by atoms with Crippen molar-refractivity contribution in [3.8, 4) is 0 Å². The summed E-state index contributed by atoms with van der Waals surface area (Å²) < 4.78 is 0. The van der Waals surface area contributed by atoms with Gasteiger partial charge in [-0.3, -0.25) is 4.79 Å². The smallest absolute Gasteiger partial charge is 0.317 e. The first-order chi connectivity index (χ1) is 7.99. The molecule has 0 spiro atoms. The van der Waals surface area contributed by atoms with E-state index in [1.807, 2.05) is 6.92 Å². The first-order valence-electron chi connectivity index (χ1n) is 6.24. The summed E-state index contributed by atoms with van der Waals surface area (Å²) in [4.78, 5) is 24.4. The van der Waals surface area contributed by atoms with Crippen LogP contribution in [0.25, 0.3) is 0 Å². The van der Waals surface area contributed by atoms with Crippen LogP contribution in [0.3, 0.4) is 0 Å². The molecule has 2 N–H and O–H groups in total. The van der Waals surface area contributed by atoms with E-state index in [9.17, 15) is 9.59 Å². The van der Waals surface area contributed by atoms with Gasteiger partial charge in [0.05, 0.1) is 5.92 Å². The minimum atomic E-state index is -0.802. The van der Waals surface area contributed by atoms with E-state index < -0.39 is 11.9 Å². The number of aliphatic carboxylic acids is 1. The second-order valence-corrected chi connectivity index (χ2v) is 5.49. The highest BCUT2D eigenvalue weighted by Crippen LogP contribution is 2.36. The summed E-state index contributed by atoms with van der Waals surface area (Å²) in [5.74, 6) is 0.163. The standard InChI is InChI=1S/C12H20N2O3/c1-7-3-9(7)4-13-12(17)14-5-8(2)10(6-14)11(15)16/h7-10H,3-6H2,1-2H3,(H,13,17)(H,15,16)/t7?,8-,9?,10-/m1/s1. The van der Waals surface area contributed by atoms with Gasteiger partial charge in [-0.05, 0) is 24.2 Å². The summed E-state index contributed by atoms with van der Waals surface area (Å²) in [5, 5.41) is 11.9. The Morgan fingerprint density at radius 3 is 2.41 bits per heavy atom. The fourth-order valence-corrected chi connectivity index (χ4v) is 2.47. The lowest BCUT2D eigenvalue weighted by Gasteiger charge is -2.16. The van der Waals surface area contributed by atoms with Crippen molar-refractivity contribution in [3.05, 3.63) is 0 Å². The molecule has 2 amide bonds. The van der Waals surface area contributed by atoms with Gasteiger partial charge in [-0.2, -0.15) is 0 Å². The first kappa shape index (κ1) is 12.2. The first-order valence-corrected chi connectivity index (χ1v) is 6.24. The number of nitrogens with one attached hydrogen (secondary N) is 1. The Balaban J connectivity index is 1.78. The number of nitrogens with zero attached hydrogens (tertiary/aromatic N) is 1. The summed E-state index contributed by atoms with van der Waals surface area (Å²) in [5.41, 5.74) is 0. The monoisotopic (exact) mass is 240 g/mol. The molecule has 1 saturated heterocycles. The molecule has 1 saturated carbocycles. The number of rotatable bonds is 3. The van der Waals surface area contributed by atoms with E-state index in [4.69, 9.17) is 5.11 Å². The van der Waals surface area contributed by atoms with Crippen LogP contribution in [-0.4, -0.2) is 41.6 Å². The quantitative estimate of drug-likeness (QED) is 0.773. The second kappa shape index (κ2) is 4.55. The molecule has 17 heavy (non-hydrogen) atoms. The highest BCUT2D eigenvalue weighted by atomic mass is 16.4. The third-order valence-corrected chi connectivity index (χ3v) is 4.01. The molecular weight excluding hydrogens is 220 g/mol. The van der Waals surface area contributed by atoms with Gasteiger partial charge in [0, 0.05) is 19.6 Å². The van der Waals surface area contributed by atoms with Crippen LogP contribution in [0.5, 0.6) is 0 Å². The van der Waals surface area contributed by atoms with Crippen LogP contribution in [0.15, 0.2) is 0 Å². The van der Waals surface area contributed by atoms with E-state index in [0.717, 1.165) is 12.5 Å². The zero-order valence-corrected chi connectivity index (χ0v) is 10.3. The Bertz CT molecular complexity index is 332. The van der Waals surface area contributed by atoms with Gasteiger partial charge in [0.15, 0.2) is 0 Å². The van der Waals surface area contributed by atoms with Gasteiger partial charge in [0.2, 0.25) is 0 Å². The molecule has 4 atom stereocenters. The minimum absolute atomic E-state index is 0.0399. The highest BCUT2D eigenvalue weighted by Gasteiger charge is 2.38. The molecule has 0 aromatic carbocycles. The van der Waals surface area contributed by atoms with Gasteiger partial charge in [-0.1, -0.05) is 13.8 Å². The average molecular weight is 240 g/mol. The Morgan fingerprint density at radius 2 is 1.94 bits per heavy atom. The number of hydrogen-bond donors (Lipinski definition) is 2. The minimum Gasteiger partial charge on any atom is -0.481 e. The van der Waals surface area contributed by atoms with Crippen LogP contribution < -0.4 is 5.32 Å². The number of carbonyl (C=O) groups is 2. The molecule has 0 bridgehead atoms. The SMILES string of the molecule is CC1CC1CNC(=O)N1C[C@@H](C)[C@H](C(=O)O)C1. The summed E-state index contributed by atoms with van der Waals surface area (Å²) in [6, 6.07) is -0.111. The lowest BCUT2D eigenvalue weighted by molar-refractivity contribution is -0.142. The van der Waals surface area contributed by atoms with Gasteiger partial charge in [-0.15, -0.1) is 0 Å². The molecule has 5 nitrogen and oxygen atoms in total. The van der Waals surface area contributed by atoms with Crippen molar-refractivity contribution in [2.24, 2.45) is 23.7 Å². The summed E-state index contributed by atoms with van der Waals surface area (Å²) >= 11 is 0. The van der Waals surface area contributed by atoms with Gasteiger partial charge >= 0.3 is 12.0 Å². The fraction of sp³-hybridized carbons (Fsp3) is 0.833. The number of urea groups is 1.